The maximum Gasteiger partial charge on any atom is 0.415 e. The van der Waals surface area contributed by atoms with Crippen LogP contribution in [0.25, 0.3) is 11.1 Å². The molecule has 43 heavy (non-hydrogen) atoms. The van der Waals surface area contributed by atoms with Crippen molar-refractivity contribution >= 4 is 24.5 Å². The molecule has 1 unspecified atom stereocenters. The molecule has 1 spiro atoms. The molecule has 3 aromatic carbocycles. The zero-order valence-electron chi connectivity index (χ0n) is 25.2. The summed E-state index contributed by atoms with van der Waals surface area (Å²) in [6.45, 7) is 9.23. The van der Waals surface area contributed by atoms with E-state index in [0.717, 1.165) is 60.6 Å². The predicted molar refractivity (Wildman–Crippen MR) is 167 cm³/mol. The van der Waals surface area contributed by atoms with Gasteiger partial charge >= 0.3 is 6.09 Å². The lowest BCUT2D eigenvalue weighted by molar-refractivity contribution is -0.00111. The Kier molecular flexibility index (Phi) is 8.38. The number of nitrogens with zero attached hydrogens (tertiary/aromatic N) is 2. The molecule has 0 radical (unpaired) electrons. The Morgan fingerprint density at radius 3 is 2.33 bits per heavy atom. The summed E-state index contributed by atoms with van der Waals surface area (Å²) in [4.78, 5) is 17.1. The van der Waals surface area contributed by atoms with Gasteiger partial charge in [-0.15, -0.1) is 0 Å². The fraction of sp³-hybridized carbons (Fsp3) is 0.441. The number of likely N-dealkylation sites (tertiary alicyclic amines) is 1. The van der Waals surface area contributed by atoms with Crippen molar-refractivity contribution in [2.75, 3.05) is 44.4 Å². The summed E-state index contributed by atoms with van der Waals surface area (Å²) in [6, 6.07) is 18.4. The first-order valence-corrected chi connectivity index (χ1v) is 17.4. The maximum atomic E-state index is 13.6. The van der Waals surface area contributed by atoms with E-state index in [1.165, 1.54) is 30.5 Å². The SMILES string of the molecule is CCOc1cc(-c2ccc(F)cc2)c(C2CC2)cc1CN1CCC2(CC1)CN(c1ccc(P(C)(=O)OCC)cc1)C(=O)O2. The molecule has 9 heteroatoms. The Morgan fingerprint density at radius 2 is 1.70 bits per heavy atom. The third kappa shape index (κ3) is 6.38. The highest BCUT2D eigenvalue weighted by atomic mass is 31.2. The Balaban J connectivity index is 1.15. The Bertz CT molecular complexity index is 1510. The fourth-order valence-electron chi connectivity index (χ4n) is 6.33. The molecule has 2 heterocycles. The molecule has 228 valence electrons. The van der Waals surface area contributed by atoms with Crippen LogP contribution in [0, 0.1) is 5.82 Å². The Hall–Kier alpha value is -3.19. The van der Waals surface area contributed by atoms with Crippen molar-refractivity contribution in [3.63, 3.8) is 0 Å². The second-order valence-electron chi connectivity index (χ2n) is 12.0. The van der Waals surface area contributed by atoms with Gasteiger partial charge in [-0.1, -0.05) is 12.1 Å². The average Bonchev–Trinajstić information content (AvgIpc) is 3.79. The molecule has 1 aliphatic carbocycles. The minimum atomic E-state index is -2.88. The fourth-order valence-corrected chi connectivity index (χ4v) is 7.67. The number of carbonyl (C=O) groups excluding carboxylic acids is 1. The van der Waals surface area contributed by atoms with E-state index in [1.54, 1.807) is 23.7 Å². The van der Waals surface area contributed by atoms with Crippen molar-refractivity contribution in [2.24, 2.45) is 0 Å². The lowest BCUT2D eigenvalue weighted by Crippen LogP contribution is -2.46. The highest BCUT2D eigenvalue weighted by Gasteiger charge is 2.47. The first kappa shape index (κ1) is 29.9. The molecule has 2 saturated heterocycles. The van der Waals surface area contributed by atoms with Crippen LogP contribution in [0.15, 0.2) is 60.7 Å². The van der Waals surface area contributed by atoms with Crippen molar-refractivity contribution in [1.82, 2.24) is 4.90 Å². The smallest absolute Gasteiger partial charge is 0.415 e. The van der Waals surface area contributed by atoms with Crippen molar-refractivity contribution in [1.29, 1.82) is 0 Å². The van der Waals surface area contributed by atoms with Gasteiger partial charge in [0, 0.05) is 55.7 Å². The number of hydrogen-bond donors (Lipinski definition) is 0. The second-order valence-corrected chi connectivity index (χ2v) is 14.4. The number of ether oxygens (including phenoxy) is 2. The lowest BCUT2D eigenvalue weighted by atomic mass is 9.90. The van der Waals surface area contributed by atoms with Gasteiger partial charge in [0.25, 0.3) is 0 Å². The summed E-state index contributed by atoms with van der Waals surface area (Å²) in [5.74, 6) is 1.16. The first-order chi connectivity index (χ1) is 20.7. The van der Waals surface area contributed by atoms with E-state index in [4.69, 9.17) is 14.0 Å². The summed E-state index contributed by atoms with van der Waals surface area (Å²) < 4.78 is 44.0. The molecule has 3 fully saturated rings. The molecule has 2 aliphatic heterocycles. The van der Waals surface area contributed by atoms with Gasteiger partial charge in [-0.3, -0.25) is 14.4 Å². The normalized spacial score (nSPS) is 19.8. The van der Waals surface area contributed by atoms with Crippen LogP contribution in [0.1, 0.15) is 56.6 Å². The number of piperidine rings is 1. The molecule has 1 saturated carbocycles. The van der Waals surface area contributed by atoms with E-state index >= 15 is 0 Å². The molecular weight excluding hydrogens is 566 g/mol. The van der Waals surface area contributed by atoms with E-state index in [9.17, 15) is 13.8 Å². The molecule has 0 bridgehead atoms. The molecule has 3 aliphatic rings. The van der Waals surface area contributed by atoms with Crippen LogP contribution in [0.2, 0.25) is 0 Å². The third-order valence-corrected chi connectivity index (χ3v) is 10.8. The van der Waals surface area contributed by atoms with Gasteiger partial charge < -0.3 is 14.0 Å². The van der Waals surface area contributed by atoms with Crippen molar-refractivity contribution in [3.05, 3.63) is 77.6 Å². The van der Waals surface area contributed by atoms with Crippen LogP contribution in [-0.4, -0.2) is 56.1 Å². The number of carbonyl (C=O) groups is 1. The molecule has 6 rings (SSSR count). The van der Waals surface area contributed by atoms with Gasteiger partial charge in [-0.05, 0) is 97.8 Å². The number of halogens is 1. The summed E-state index contributed by atoms with van der Waals surface area (Å²) in [5.41, 5.74) is 4.82. The minimum Gasteiger partial charge on any atom is -0.494 e. The van der Waals surface area contributed by atoms with E-state index in [1.807, 2.05) is 38.1 Å². The van der Waals surface area contributed by atoms with Crippen LogP contribution in [-0.2, 0) is 20.4 Å². The molecule has 1 amide bonds. The average molecular weight is 607 g/mol. The predicted octanol–water partition coefficient (Wildman–Crippen LogP) is 7.33. The van der Waals surface area contributed by atoms with Crippen LogP contribution >= 0.6 is 7.37 Å². The van der Waals surface area contributed by atoms with Gasteiger partial charge in [-0.25, -0.2) is 9.18 Å². The maximum absolute atomic E-state index is 13.6. The van der Waals surface area contributed by atoms with Crippen molar-refractivity contribution < 1.29 is 27.7 Å². The second kappa shape index (κ2) is 12.1. The summed E-state index contributed by atoms with van der Waals surface area (Å²) in [5, 5.41) is 0.635. The van der Waals surface area contributed by atoms with Gasteiger partial charge in [0.05, 0.1) is 19.8 Å². The van der Waals surface area contributed by atoms with Crippen molar-refractivity contribution in [2.45, 2.75) is 57.6 Å². The molecular formula is C34H40FN2O5P. The first-order valence-electron chi connectivity index (χ1n) is 15.3. The van der Waals surface area contributed by atoms with Crippen LogP contribution in [0.4, 0.5) is 14.9 Å². The molecule has 0 N–H and O–H groups in total. The number of hydrogen-bond acceptors (Lipinski definition) is 6. The number of rotatable bonds is 10. The van der Waals surface area contributed by atoms with E-state index in [-0.39, 0.29) is 11.9 Å². The van der Waals surface area contributed by atoms with Gasteiger partial charge in [0.1, 0.15) is 17.2 Å². The molecule has 1 atom stereocenters. The standard InChI is InChI=1S/C34H40FN2O5P/c1-4-40-32-21-31(25-8-10-27(35)11-9-25)30(24-6-7-24)20-26(32)22-36-18-16-34(17-19-36)23-37(33(38)42-34)28-12-14-29(15-13-28)43(3,39)41-5-2/h8-15,20-21,24H,4-7,16-19,22-23H2,1-3H3. The molecule has 3 aromatic rings. The van der Waals surface area contributed by atoms with Crippen molar-refractivity contribution in [3.8, 4) is 16.9 Å². The molecule has 7 nitrogen and oxygen atoms in total. The minimum absolute atomic E-state index is 0.235. The Labute approximate surface area is 253 Å². The van der Waals surface area contributed by atoms with Crippen LogP contribution < -0.4 is 14.9 Å². The van der Waals surface area contributed by atoms with Crippen LogP contribution in [0.3, 0.4) is 0 Å². The summed E-state index contributed by atoms with van der Waals surface area (Å²) >= 11 is 0. The quantitative estimate of drug-likeness (QED) is 0.225. The van der Waals surface area contributed by atoms with Gasteiger partial charge in [0.2, 0.25) is 7.37 Å². The highest BCUT2D eigenvalue weighted by Crippen LogP contribution is 2.47. The zero-order chi connectivity index (χ0) is 30.2. The number of anilines is 1. The third-order valence-electron chi connectivity index (χ3n) is 8.84. The largest absolute Gasteiger partial charge is 0.494 e. The van der Waals surface area contributed by atoms with E-state index in [2.05, 4.69) is 17.0 Å². The monoisotopic (exact) mass is 606 g/mol. The van der Waals surface area contributed by atoms with E-state index in [0.29, 0.717) is 31.0 Å². The highest BCUT2D eigenvalue weighted by molar-refractivity contribution is 7.66. The number of benzene rings is 3. The summed E-state index contributed by atoms with van der Waals surface area (Å²) in [7, 11) is -2.88. The number of amides is 1. The molecule has 0 aromatic heterocycles. The van der Waals surface area contributed by atoms with Gasteiger partial charge in [0.15, 0.2) is 0 Å². The van der Waals surface area contributed by atoms with Gasteiger partial charge in [-0.2, -0.15) is 0 Å². The van der Waals surface area contributed by atoms with Crippen LogP contribution in [0.5, 0.6) is 5.75 Å². The summed E-state index contributed by atoms with van der Waals surface area (Å²) in [6.07, 6.45) is 3.49. The zero-order valence-corrected chi connectivity index (χ0v) is 26.1. The van der Waals surface area contributed by atoms with E-state index < -0.39 is 13.0 Å². The topological polar surface area (TPSA) is 68.3 Å². The Morgan fingerprint density at radius 1 is 1.00 bits per heavy atom. The lowest BCUT2D eigenvalue weighted by Gasteiger charge is -2.37.